The lowest BCUT2D eigenvalue weighted by Crippen LogP contribution is -2.45. The lowest BCUT2D eigenvalue weighted by molar-refractivity contribution is -0.131. The van der Waals surface area contributed by atoms with Crippen LogP contribution in [-0.2, 0) is 14.8 Å². The van der Waals surface area contributed by atoms with Crippen LogP contribution < -0.4 is 18.9 Å². The molecule has 1 fully saturated rings. The highest BCUT2D eigenvalue weighted by Crippen LogP contribution is 2.33. The van der Waals surface area contributed by atoms with Crippen LogP contribution in [0.1, 0.15) is 30.1 Å². The first-order chi connectivity index (χ1) is 19.2. The number of sulfonamides is 1. The number of aliphatic carboxylic acids is 1. The Kier molecular flexibility index (Phi) is 8.22. The van der Waals surface area contributed by atoms with Crippen LogP contribution in [0.15, 0.2) is 53.4 Å². The summed E-state index contributed by atoms with van der Waals surface area (Å²) in [4.78, 5) is 17.8. The molecule has 11 nitrogen and oxygen atoms in total. The van der Waals surface area contributed by atoms with Crippen molar-refractivity contribution in [3.63, 3.8) is 0 Å². The van der Waals surface area contributed by atoms with Gasteiger partial charge in [0.05, 0.1) is 23.6 Å². The van der Waals surface area contributed by atoms with Crippen molar-refractivity contribution in [2.75, 3.05) is 40.0 Å². The van der Waals surface area contributed by atoms with Gasteiger partial charge < -0.3 is 29.3 Å². The first-order valence-corrected chi connectivity index (χ1v) is 14.4. The Morgan fingerprint density at radius 2 is 1.90 bits per heavy atom. The molecule has 212 valence electrons. The number of carboxylic acid groups (broad SMARTS) is 1. The van der Waals surface area contributed by atoms with Gasteiger partial charge in [-0.05, 0) is 55.8 Å². The fourth-order valence-corrected chi connectivity index (χ4v) is 6.31. The minimum atomic E-state index is -3.74. The van der Waals surface area contributed by atoms with Crippen molar-refractivity contribution < 1.29 is 37.6 Å². The van der Waals surface area contributed by atoms with Gasteiger partial charge in [-0.3, -0.25) is 0 Å². The zero-order valence-corrected chi connectivity index (χ0v) is 22.8. The minimum Gasteiger partial charge on any atom is -0.486 e. The summed E-state index contributed by atoms with van der Waals surface area (Å²) in [5, 5.41) is 20.9. The monoisotopic (exact) mass is 569 g/mol. The number of ether oxygens (including phenoxy) is 3. The smallest absolute Gasteiger partial charge is 0.328 e. The van der Waals surface area contributed by atoms with Gasteiger partial charge in [-0.1, -0.05) is 12.1 Å². The molecule has 0 spiro atoms. The number of likely N-dealkylation sites (tertiary alicyclic amines) is 1. The van der Waals surface area contributed by atoms with E-state index in [4.69, 9.17) is 19.3 Å². The molecule has 1 aromatic heterocycles. The van der Waals surface area contributed by atoms with Gasteiger partial charge in [0.1, 0.15) is 13.2 Å². The van der Waals surface area contributed by atoms with E-state index in [9.17, 15) is 18.3 Å². The number of pyridine rings is 1. The molecular formula is C28H31N3O8S. The van der Waals surface area contributed by atoms with Crippen molar-refractivity contribution in [3.05, 3.63) is 59.7 Å². The van der Waals surface area contributed by atoms with Crippen molar-refractivity contribution >= 4 is 33.0 Å². The second kappa shape index (κ2) is 11.8. The predicted octanol–water partition coefficient (Wildman–Crippen LogP) is 2.59. The molecule has 5 rings (SSSR count). The lowest BCUT2D eigenvalue weighted by atomic mass is 9.98. The van der Waals surface area contributed by atoms with Crippen molar-refractivity contribution in [2.45, 2.75) is 29.9 Å². The topological polar surface area (TPSA) is 148 Å². The number of nitrogens with zero attached hydrogens (tertiary/aromatic N) is 2. The Hall–Kier alpha value is -3.71. The van der Waals surface area contributed by atoms with E-state index in [0.29, 0.717) is 85.1 Å². The maximum Gasteiger partial charge on any atom is 0.328 e. The van der Waals surface area contributed by atoms with Crippen LogP contribution in [0.25, 0.3) is 17.0 Å². The van der Waals surface area contributed by atoms with Crippen molar-refractivity contribution in [1.29, 1.82) is 0 Å². The summed E-state index contributed by atoms with van der Waals surface area (Å²) < 4.78 is 45.1. The van der Waals surface area contributed by atoms with Crippen molar-refractivity contribution in [1.82, 2.24) is 14.6 Å². The van der Waals surface area contributed by atoms with Crippen molar-refractivity contribution in [2.24, 2.45) is 0 Å². The number of piperidine rings is 1. The number of β-amino-alcohol motifs (C(OH)–C–C–N with tert-alkyl or cyclic N) is 1. The summed E-state index contributed by atoms with van der Waals surface area (Å²) in [6.45, 7) is 2.33. The van der Waals surface area contributed by atoms with E-state index in [2.05, 4.69) is 14.6 Å². The molecule has 0 aliphatic carbocycles. The zero-order valence-electron chi connectivity index (χ0n) is 21.9. The standard InChI is InChI=1S/C28H31N3O8S/c1-37-26-8-6-21-18(3-9-27(33)34)2-5-22(28(21)29-26)23(32)17-31-12-10-19(11-13-31)30-40(35,36)20-4-7-24-25(16-20)39-15-14-38-24/h2-9,16,19,23,30,32H,10-15,17H2,1H3,(H,33,34)/b9-3+. The van der Waals surface area contributed by atoms with E-state index in [0.717, 1.165) is 6.08 Å². The van der Waals surface area contributed by atoms with Crippen LogP contribution in [0.4, 0.5) is 0 Å². The molecule has 3 heterocycles. The number of nitrogens with one attached hydrogen (secondary N) is 1. The van der Waals surface area contributed by atoms with Gasteiger partial charge in [-0.2, -0.15) is 0 Å². The van der Waals surface area contributed by atoms with Gasteiger partial charge >= 0.3 is 5.97 Å². The van der Waals surface area contributed by atoms with Gasteiger partial charge in [0.15, 0.2) is 11.5 Å². The molecule has 2 aliphatic rings. The number of benzene rings is 2. The number of fused-ring (bicyclic) bond motifs is 2. The fourth-order valence-electron chi connectivity index (χ4n) is 4.99. The Morgan fingerprint density at radius 3 is 2.62 bits per heavy atom. The van der Waals surface area contributed by atoms with E-state index in [1.807, 2.05) is 0 Å². The number of carbonyl (C=O) groups is 1. The second-order valence-corrected chi connectivity index (χ2v) is 11.4. The highest BCUT2D eigenvalue weighted by Gasteiger charge is 2.27. The quantitative estimate of drug-likeness (QED) is 0.329. The van der Waals surface area contributed by atoms with E-state index in [1.54, 1.807) is 30.3 Å². The van der Waals surface area contributed by atoms with E-state index in [1.165, 1.54) is 25.3 Å². The number of rotatable bonds is 9. The van der Waals surface area contributed by atoms with E-state index in [-0.39, 0.29) is 10.9 Å². The van der Waals surface area contributed by atoms with Gasteiger partial charge in [0.25, 0.3) is 0 Å². The average molecular weight is 570 g/mol. The van der Waals surface area contributed by atoms with Crippen LogP contribution in [0.2, 0.25) is 0 Å². The summed E-state index contributed by atoms with van der Waals surface area (Å²) in [5.74, 6) is 0.274. The van der Waals surface area contributed by atoms with Crippen LogP contribution in [0.3, 0.4) is 0 Å². The number of carboxylic acids is 1. The molecular weight excluding hydrogens is 538 g/mol. The van der Waals surface area contributed by atoms with Crippen molar-refractivity contribution in [3.8, 4) is 17.4 Å². The normalized spacial score (nSPS) is 17.2. The summed E-state index contributed by atoms with van der Waals surface area (Å²) in [6.07, 6.45) is 2.85. The number of hydrogen-bond acceptors (Lipinski definition) is 9. The molecule has 40 heavy (non-hydrogen) atoms. The lowest BCUT2D eigenvalue weighted by Gasteiger charge is -2.33. The Balaban J connectivity index is 1.24. The first kappa shape index (κ1) is 27.8. The van der Waals surface area contributed by atoms with Gasteiger partial charge in [-0.15, -0.1) is 0 Å². The number of aliphatic hydroxyl groups is 1. The highest BCUT2D eigenvalue weighted by molar-refractivity contribution is 7.89. The fraction of sp³-hybridized carbons (Fsp3) is 0.357. The molecule has 12 heteroatoms. The van der Waals surface area contributed by atoms with E-state index >= 15 is 0 Å². The van der Waals surface area contributed by atoms with E-state index < -0.39 is 22.1 Å². The maximum absolute atomic E-state index is 13.0. The maximum atomic E-state index is 13.0. The summed E-state index contributed by atoms with van der Waals surface area (Å²) in [5.41, 5.74) is 1.79. The minimum absolute atomic E-state index is 0.131. The number of aliphatic hydroxyl groups excluding tert-OH is 1. The third-order valence-electron chi connectivity index (χ3n) is 7.03. The van der Waals surface area contributed by atoms with Crippen LogP contribution in [0.5, 0.6) is 17.4 Å². The molecule has 2 aliphatic heterocycles. The largest absolute Gasteiger partial charge is 0.486 e. The van der Waals surface area contributed by atoms with Crippen LogP contribution in [0, 0.1) is 0 Å². The highest BCUT2D eigenvalue weighted by atomic mass is 32.2. The molecule has 2 aromatic carbocycles. The number of methoxy groups -OCH3 is 1. The predicted molar refractivity (Wildman–Crippen MR) is 147 cm³/mol. The van der Waals surface area contributed by atoms with Gasteiger partial charge in [-0.25, -0.2) is 22.9 Å². The van der Waals surface area contributed by atoms with Crippen LogP contribution in [-0.4, -0.2) is 80.5 Å². The SMILES string of the molecule is COc1ccc2c(/C=C/C(=O)O)ccc(C(O)CN3CCC(NS(=O)(=O)c4ccc5c(c4)OCCO5)CC3)c2n1. The summed E-state index contributed by atoms with van der Waals surface area (Å²) in [6, 6.07) is 11.3. The number of aromatic nitrogens is 1. The average Bonchev–Trinajstić information content (AvgIpc) is 2.96. The number of hydrogen-bond donors (Lipinski definition) is 3. The molecule has 0 radical (unpaired) electrons. The Morgan fingerprint density at radius 1 is 1.15 bits per heavy atom. The molecule has 0 saturated carbocycles. The van der Waals surface area contributed by atoms with Gasteiger partial charge in [0.2, 0.25) is 15.9 Å². The molecule has 0 bridgehead atoms. The van der Waals surface area contributed by atoms with Gasteiger partial charge in [0, 0.05) is 41.7 Å². The third kappa shape index (κ3) is 6.20. The molecule has 0 amide bonds. The Labute approximate surface area is 232 Å². The van der Waals surface area contributed by atoms with Crippen LogP contribution >= 0.6 is 0 Å². The summed E-state index contributed by atoms with van der Waals surface area (Å²) in [7, 11) is -2.23. The first-order valence-electron chi connectivity index (χ1n) is 12.9. The Bertz CT molecular complexity index is 1530. The third-order valence-corrected chi connectivity index (χ3v) is 8.55. The zero-order chi connectivity index (χ0) is 28.3. The molecule has 1 saturated heterocycles. The molecule has 1 atom stereocenters. The molecule has 1 unspecified atom stereocenters. The second-order valence-electron chi connectivity index (χ2n) is 9.68. The molecule has 3 aromatic rings. The summed E-state index contributed by atoms with van der Waals surface area (Å²) >= 11 is 0. The molecule has 3 N–H and O–H groups in total.